The van der Waals surface area contributed by atoms with Crippen LogP contribution in [0.1, 0.15) is 52.2 Å². The van der Waals surface area contributed by atoms with Gasteiger partial charge in [-0.2, -0.15) is 0 Å². The quantitative estimate of drug-likeness (QED) is 0.482. The molecule has 0 bridgehead atoms. The summed E-state index contributed by atoms with van der Waals surface area (Å²) >= 11 is 6.25. The molecule has 1 N–H and O–H groups in total. The summed E-state index contributed by atoms with van der Waals surface area (Å²) in [6.45, 7) is 12.5. The second-order valence-corrected chi connectivity index (χ2v) is 9.88. The van der Waals surface area contributed by atoms with Gasteiger partial charge >= 0.3 is 0 Å². The van der Waals surface area contributed by atoms with Crippen LogP contribution < -0.4 is 5.32 Å². The zero-order chi connectivity index (χ0) is 20.5. The molecule has 0 atom stereocenters. The highest BCUT2D eigenvalue weighted by Crippen LogP contribution is 2.29. The molecule has 1 heterocycles. The van der Waals surface area contributed by atoms with E-state index in [2.05, 4.69) is 62.8 Å². The smallest absolute Gasteiger partial charge is 0.129 e. The molecule has 0 spiro atoms. The monoisotopic (exact) mass is 400 g/mol. The first-order valence-electron chi connectivity index (χ1n) is 9.80. The molecule has 3 aromatic rings. The molecule has 0 saturated heterocycles. The summed E-state index contributed by atoms with van der Waals surface area (Å²) in [5.74, 6) is -0.267. The molecule has 3 rings (SSSR count). The van der Waals surface area contributed by atoms with Crippen LogP contribution in [0.25, 0.3) is 10.9 Å². The molecular formula is C24H30ClFN2. The van der Waals surface area contributed by atoms with E-state index in [0.717, 1.165) is 18.5 Å². The lowest BCUT2D eigenvalue weighted by Gasteiger charge is -2.33. The SMILES string of the molecule is CC(C)(C)CC(C)(C)NCc1cn(Cc2c(F)cccc2Cl)c2ccccc12. The van der Waals surface area contributed by atoms with Crippen molar-refractivity contribution in [1.29, 1.82) is 0 Å². The zero-order valence-electron chi connectivity index (χ0n) is 17.4. The van der Waals surface area contributed by atoms with Gasteiger partial charge in [0.1, 0.15) is 5.82 Å². The van der Waals surface area contributed by atoms with E-state index in [0.29, 0.717) is 17.1 Å². The third-order valence-corrected chi connectivity index (χ3v) is 5.35. The van der Waals surface area contributed by atoms with Gasteiger partial charge in [-0.05, 0) is 49.4 Å². The number of nitrogens with one attached hydrogen (secondary N) is 1. The predicted molar refractivity (Wildman–Crippen MR) is 117 cm³/mol. The summed E-state index contributed by atoms with van der Waals surface area (Å²) in [5, 5.41) is 5.36. The minimum absolute atomic E-state index is 0.0241. The van der Waals surface area contributed by atoms with Gasteiger partial charge in [-0.3, -0.25) is 0 Å². The Kier molecular flexibility index (Phi) is 5.88. The Bertz CT molecular complexity index is 946. The van der Waals surface area contributed by atoms with Crippen LogP contribution in [-0.4, -0.2) is 10.1 Å². The molecule has 0 aliphatic rings. The molecule has 0 unspecified atom stereocenters. The van der Waals surface area contributed by atoms with Crippen molar-refractivity contribution in [3.05, 3.63) is 70.6 Å². The van der Waals surface area contributed by atoms with E-state index in [1.54, 1.807) is 12.1 Å². The van der Waals surface area contributed by atoms with Crippen molar-refractivity contribution in [3.8, 4) is 0 Å². The summed E-state index contributed by atoms with van der Waals surface area (Å²) in [6, 6.07) is 13.1. The maximum atomic E-state index is 14.3. The Hall–Kier alpha value is -1.84. The molecule has 150 valence electrons. The standard InChI is InChI=1S/C24H30ClFN2/c1-23(2,3)16-24(4,5)27-13-17-14-28(22-12-7-6-9-18(17)22)15-19-20(25)10-8-11-21(19)26/h6-12,14,27H,13,15-16H2,1-5H3. The Morgan fingerprint density at radius 2 is 1.71 bits per heavy atom. The van der Waals surface area contributed by atoms with Gasteiger partial charge in [-0.15, -0.1) is 0 Å². The van der Waals surface area contributed by atoms with Crippen LogP contribution in [0, 0.1) is 11.2 Å². The molecule has 0 aliphatic carbocycles. The second-order valence-electron chi connectivity index (χ2n) is 9.47. The van der Waals surface area contributed by atoms with E-state index in [1.165, 1.54) is 17.0 Å². The average Bonchev–Trinajstić information content (AvgIpc) is 2.93. The largest absolute Gasteiger partial charge is 0.343 e. The summed E-state index contributed by atoms with van der Waals surface area (Å²) in [6.07, 6.45) is 3.19. The number of fused-ring (bicyclic) bond motifs is 1. The normalized spacial score (nSPS) is 12.7. The fourth-order valence-electron chi connectivity index (χ4n) is 4.17. The number of halogens is 2. The minimum Gasteiger partial charge on any atom is -0.343 e. The van der Waals surface area contributed by atoms with Crippen LogP contribution in [0.5, 0.6) is 0 Å². The predicted octanol–water partition coefficient (Wildman–Crippen LogP) is 6.79. The van der Waals surface area contributed by atoms with E-state index < -0.39 is 0 Å². The number of hydrogen-bond donors (Lipinski definition) is 1. The summed E-state index contributed by atoms with van der Waals surface area (Å²) < 4.78 is 16.4. The molecule has 0 fully saturated rings. The maximum absolute atomic E-state index is 14.3. The van der Waals surface area contributed by atoms with Gasteiger partial charge in [0, 0.05) is 39.8 Å². The first-order valence-corrected chi connectivity index (χ1v) is 10.2. The van der Waals surface area contributed by atoms with Gasteiger partial charge < -0.3 is 9.88 Å². The van der Waals surface area contributed by atoms with Crippen molar-refractivity contribution in [3.63, 3.8) is 0 Å². The molecule has 2 nitrogen and oxygen atoms in total. The Labute approximate surface area is 172 Å². The molecule has 28 heavy (non-hydrogen) atoms. The molecule has 0 radical (unpaired) electrons. The van der Waals surface area contributed by atoms with Crippen molar-refractivity contribution < 1.29 is 4.39 Å². The van der Waals surface area contributed by atoms with E-state index >= 15 is 0 Å². The van der Waals surface area contributed by atoms with Crippen molar-refractivity contribution >= 4 is 22.5 Å². The number of para-hydroxylation sites is 1. The van der Waals surface area contributed by atoms with Crippen molar-refractivity contribution in [2.45, 2.75) is 59.7 Å². The second kappa shape index (κ2) is 7.88. The van der Waals surface area contributed by atoms with E-state index in [4.69, 9.17) is 11.6 Å². The molecular weight excluding hydrogens is 371 g/mol. The Balaban J connectivity index is 1.89. The highest BCUT2D eigenvalue weighted by Gasteiger charge is 2.25. The average molecular weight is 401 g/mol. The van der Waals surface area contributed by atoms with Crippen LogP contribution in [0.4, 0.5) is 4.39 Å². The summed E-state index contributed by atoms with van der Waals surface area (Å²) in [4.78, 5) is 0. The lowest BCUT2D eigenvalue weighted by molar-refractivity contribution is 0.241. The third-order valence-electron chi connectivity index (χ3n) is 4.99. The van der Waals surface area contributed by atoms with E-state index in [9.17, 15) is 4.39 Å². The lowest BCUT2D eigenvalue weighted by Crippen LogP contribution is -2.41. The van der Waals surface area contributed by atoms with Gasteiger partial charge in [-0.25, -0.2) is 4.39 Å². The number of aromatic nitrogens is 1. The minimum atomic E-state index is -0.267. The van der Waals surface area contributed by atoms with Crippen LogP contribution in [0.15, 0.2) is 48.7 Å². The Morgan fingerprint density at radius 1 is 1.00 bits per heavy atom. The highest BCUT2D eigenvalue weighted by molar-refractivity contribution is 6.31. The van der Waals surface area contributed by atoms with Crippen LogP contribution >= 0.6 is 11.6 Å². The van der Waals surface area contributed by atoms with Gasteiger partial charge in [0.05, 0.1) is 6.54 Å². The molecule has 0 amide bonds. The summed E-state index contributed by atoms with van der Waals surface area (Å²) in [5.41, 5.74) is 3.11. The van der Waals surface area contributed by atoms with Crippen LogP contribution in [0.2, 0.25) is 5.02 Å². The van der Waals surface area contributed by atoms with Gasteiger partial charge in [0.2, 0.25) is 0 Å². The number of nitrogens with zero attached hydrogens (tertiary/aromatic N) is 1. The lowest BCUT2D eigenvalue weighted by atomic mass is 9.82. The van der Waals surface area contributed by atoms with Gasteiger partial charge in [0.25, 0.3) is 0 Å². The van der Waals surface area contributed by atoms with Crippen LogP contribution in [0.3, 0.4) is 0 Å². The fourth-order valence-corrected chi connectivity index (χ4v) is 4.39. The molecule has 0 aliphatic heterocycles. The highest BCUT2D eigenvalue weighted by atomic mass is 35.5. The topological polar surface area (TPSA) is 17.0 Å². The molecule has 2 aromatic carbocycles. The van der Waals surface area contributed by atoms with Crippen molar-refractivity contribution in [2.24, 2.45) is 5.41 Å². The van der Waals surface area contributed by atoms with Crippen molar-refractivity contribution in [2.75, 3.05) is 0 Å². The van der Waals surface area contributed by atoms with Crippen molar-refractivity contribution in [1.82, 2.24) is 9.88 Å². The summed E-state index contributed by atoms with van der Waals surface area (Å²) in [7, 11) is 0. The van der Waals surface area contributed by atoms with E-state index in [1.807, 2.05) is 12.1 Å². The number of rotatable bonds is 6. The fraction of sp³-hybridized carbons (Fsp3) is 0.417. The maximum Gasteiger partial charge on any atom is 0.129 e. The van der Waals surface area contributed by atoms with Gasteiger partial charge in [-0.1, -0.05) is 56.6 Å². The first kappa shape index (κ1) is 20.9. The van der Waals surface area contributed by atoms with Gasteiger partial charge in [0.15, 0.2) is 0 Å². The Morgan fingerprint density at radius 3 is 2.39 bits per heavy atom. The molecule has 0 saturated carbocycles. The molecule has 1 aromatic heterocycles. The molecule has 4 heteroatoms. The number of hydrogen-bond acceptors (Lipinski definition) is 1. The third kappa shape index (κ3) is 4.95. The number of benzene rings is 2. The van der Waals surface area contributed by atoms with E-state index in [-0.39, 0.29) is 16.8 Å². The zero-order valence-corrected chi connectivity index (χ0v) is 18.2. The van der Waals surface area contributed by atoms with Crippen LogP contribution in [-0.2, 0) is 13.1 Å². The first-order chi connectivity index (χ1) is 13.1.